The molecule has 2 atom stereocenters. The second kappa shape index (κ2) is 8.57. The Labute approximate surface area is 162 Å². The van der Waals surface area contributed by atoms with Gasteiger partial charge in [-0.3, -0.25) is 4.79 Å². The number of nitrogens with one attached hydrogen (secondary N) is 1. The number of carbonyl (C=O) groups is 1. The molecule has 3 rings (SSSR count). The number of halogens is 1. The highest BCUT2D eigenvalue weighted by Crippen LogP contribution is 2.50. The molecule has 0 radical (unpaired) electrons. The predicted octanol–water partition coefficient (Wildman–Crippen LogP) is 5.29. The summed E-state index contributed by atoms with van der Waals surface area (Å²) in [4.78, 5) is 12.1. The van der Waals surface area contributed by atoms with Crippen LogP contribution in [0.25, 0.3) is 10.8 Å². The lowest BCUT2D eigenvalue weighted by Gasteiger charge is -2.19. The van der Waals surface area contributed by atoms with Crippen molar-refractivity contribution in [2.45, 2.75) is 19.6 Å². The largest absolute Gasteiger partial charge is 0.460 e. The summed E-state index contributed by atoms with van der Waals surface area (Å²) in [5, 5.41) is 4.24. The van der Waals surface area contributed by atoms with Crippen molar-refractivity contribution in [1.82, 2.24) is 5.09 Å². The van der Waals surface area contributed by atoms with E-state index in [0.717, 1.165) is 16.3 Å². The first-order valence-corrected chi connectivity index (χ1v) is 10.9. The Morgan fingerprint density at radius 2 is 1.70 bits per heavy atom. The van der Waals surface area contributed by atoms with Crippen molar-refractivity contribution in [3.05, 3.63) is 78.4 Å². The Morgan fingerprint density at radius 3 is 2.48 bits per heavy atom. The molecule has 0 aliphatic carbocycles. The quantitative estimate of drug-likeness (QED) is 0.429. The van der Waals surface area contributed by atoms with Crippen LogP contribution in [-0.2, 0) is 20.7 Å². The van der Waals surface area contributed by atoms with Gasteiger partial charge in [0.25, 0.3) is 0 Å². The number of hydrogen-bond donors (Lipinski definition) is 1. The molecule has 2 unspecified atom stereocenters. The zero-order chi connectivity index (χ0) is 19.3. The van der Waals surface area contributed by atoms with Crippen molar-refractivity contribution in [2.75, 3.05) is 0 Å². The summed E-state index contributed by atoms with van der Waals surface area (Å²) in [5.74, 6) is -0.190. The van der Waals surface area contributed by atoms with E-state index in [1.54, 1.807) is 12.1 Å². The highest BCUT2D eigenvalue weighted by atomic mass is 35.7. The van der Waals surface area contributed by atoms with Crippen LogP contribution in [0, 0.1) is 0 Å². The monoisotopic (exact) mass is 403 g/mol. The average molecular weight is 404 g/mol. The number of fused-ring (bicyclic) bond motifs is 1. The number of esters is 1. The maximum atomic E-state index is 12.6. The van der Waals surface area contributed by atoms with Gasteiger partial charge in [-0.25, -0.2) is 9.65 Å². The lowest BCUT2D eigenvalue weighted by atomic mass is 10.1. The average Bonchev–Trinajstić information content (AvgIpc) is 2.66. The van der Waals surface area contributed by atoms with Crippen molar-refractivity contribution >= 4 is 34.9 Å². The van der Waals surface area contributed by atoms with E-state index < -0.39 is 18.9 Å². The normalized spacial score (nSPS) is 14.3. The zero-order valence-electron chi connectivity index (χ0n) is 14.7. The predicted molar refractivity (Wildman–Crippen MR) is 107 cm³/mol. The van der Waals surface area contributed by atoms with E-state index in [1.165, 1.54) is 6.92 Å². The van der Waals surface area contributed by atoms with Crippen LogP contribution >= 0.6 is 18.1 Å². The minimum Gasteiger partial charge on any atom is -0.460 e. The molecule has 5 nitrogen and oxygen atoms in total. The van der Waals surface area contributed by atoms with E-state index in [-0.39, 0.29) is 6.61 Å². The Kier molecular flexibility index (Phi) is 6.17. The van der Waals surface area contributed by atoms with E-state index in [2.05, 4.69) is 5.09 Å². The molecule has 0 aliphatic heterocycles. The molecular weight excluding hydrogens is 385 g/mol. The Morgan fingerprint density at radius 1 is 1.04 bits per heavy atom. The van der Waals surface area contributed by atoms with Crippen LogP contribution < -0.4 is 9.61 Å². The van der Waals surface area contributed by atoms with Gasteiger partial charge in [0.15, 0.2) is 0 Å². The van der Waals surface area contributed by atoms with Gasteiger partial charge in [0.2, 0.25) is 0 Å². The molecule has 3 aromatic rings. The van der Waals surface area contributed by atoms with E-state index in [9.17, 15) is 9.36 Å². The maximum absolute atomic E-state index is 12.6. The Bertz CT molecular complexity index is 975. The van der Waals surface area contributed by atoms with Gasteiger partial charge < -0.3 is 9.26 Å². The summed E-state index contributed by atoms with van der Waals surface area (Å²) in [7, 11) is 0. The van der Waals surface area contributed by atoms with Crippen LogP contribution in [0.15, 0.2) is 72.8 Å². The van der Waals surface area contributed by atoms with Crippen LogP contribution in [0.3, 0.4) is 0 Å². The van der Waals surface area contributed by atoms with Gasteiger partial charge in [-0.1, -0.05) is 66.7 Å². The molecular formula is C20H19ClNO4P. The molecule has 0 saturated heterocycles. The van der Waals surface area contributed by atoms with Crippen LogP contribution in [0.5, 0.6) is 5.75 Å². The molecule has 0 amide bonds. The molecule has 7 heteroatoms. The fraction of sp³-hybridized carbons (Fsp3) is 0.150. The van der Waals surface area contributed by atoms with Gasteiger partial charge in [-0.2, -0.15) is 0 Å². The Hall–Kier alpha value is -2.33. The van der Waals surface area contributed by atoms with Crippen molar-refractivity contribution in [1.29, 1.82) is 0 Å². The molecule has 140 valence electrons. The summed E-state index contributed by atoms with van der Waals surface area (Å²) in [6.07, 6.45) is 0. The third-order valence-electron chi connectivity index (χ3n) is 3.89. The fourth-order valence-corrected chi connectivity index (χ4v) is 4.26. The van der Waals surface area contributed by atoms with Crippen molar-refractivity contribution in [2.24, 2.45) is 0 Å². The lowest BCUT2D eigenvalue weighted by molar-refractivity contribution is -0.146. The van der Waals surface area contributed by atoms with Crippen LogP contribution in [0.1, 0.15) is 12.5 Å². The number of ether oxygens (including phenoxy) is 1. The second-order valence-electron chi connectivity index (χ2n) is 5.99. The molecule has 0 aliphatic rings. The fourth-order valence-electron chi connectivity index (χ4n) is 2.57. The third kappa shape index (κ3) is 5.33. The smallest absolute Gasteiger partial charge is 0.409 e. The SMILES string of the molecule is CC(NP(=O)(Cl)Oc1cccc2ccccc12)C(=O)OCc1ccccc1. The van der Waals surface area contributed by atoms with Gasteiger partial charge in [0.1, 0.15) is 18.4 Å². The molecule has 27 heavy (non-hydrogen) atoms. The van der Waals surface area contributed by atoms with Crippen LogP contribution in [0.2, 0.25) is 0 Å². The van der Waals surface area contributed by atoms with Gasteiger partial charge in [0.05, 0.1) is 0 Å². The van der Waals surface area contributed by atoms with E-state index in [1.807, 2.05) is 60.7 Å². The first-order valence-electron chi connectivity index (χ1n) is 8.40. The maximum Gasteiger partial charge on any atom is 0.409 e. The molecule has 0 spiro atoms. The van der Waals surface area contributed by atoms with Gasteiger partial charge >= 0.3 is 12.8 Å². The molecule has 1 N–H and O–H groups in total. The minimum absolute atomic E-state index is 0.127. The van der Waals surface area contributed by atoms with E-state index in [4.69, 9.17) is 20.5 Å². The van der Waals surface area contributed by atoms with Crippen LogP contribution in [0.4, 0.5) is 0 Å². The van der Waals surface area contributed by atoms with Crippen LogP contribution in [-0.4, -0.2) is 12.0 Å². The number of benzene rings is 3. The molecule has 3 aromatic carbocycles. The molecule has 0 bridgehead atoms. The number of hydrogen-bond acceptors (Lipinski definition) is 4. The molecule has 0 fully saturated rings. The van der Waals surface area contributed by atoms with Gasteiger partial charge in [0, 0.05) is 16.6 Å². The summed E-state index contributed by atoms with van der Waals surface area (Å²) in [6.45, 7) is -2.15. The highest BCUT2D eigenvalue weighted by Gasteiger charge is 2.28. The van der Waals surface area contributed by atoms with Crippen molar-refractivity contribution in [3.63, 3.8) is 0 Å². The summed E-state index contributed by atoms with van der Waals surface area (Å²) >= 11 is 6.04. The summed E-state index contributed by atoms with van der Waals surface area (Å²) in [6, 6.07) is 21.3. The number of rotatable bonds is 7. The topological polar surface area (TPSA) is 64.6 Å². The van der Waals surface area contributed by atoms with Crippen molar-refractivity contribution < 1.29 is 18.6 Å². The zero-order valence-corrected chi connectivity index (χ0v) is 16.3. The molecule has 0 heterocycles. The standard InChI is InChI=1S/C20H19ClNO4P/c1-15(20(23)25-14-16-8-3-2-4-9-16)22-27(21,24)26-19-13-7-11-17-10-5-6-12-18(17)19/h2-13,15H,14H2,1H3,(H,22,24). The summed E-state index contributed by atoms with van der Waals surface area (Å²) < 4.78 is 23.4. The first kappa shape index (κ1) is 19.4. The summed E-state index contributed by atoms with van der Waals surface area (Å²) in [5.41, 5.74) is 0.860. The number of carbonyl (C=O) groups excluding carboxylic acids is 1. The van der Waals surface area contributed by atoms with Gasteiger partial charge in [-0.15, -0.1) is 0 Å². The van der Waals surface area contributed by atoms with E-state index >= 15 is 0 Å². The first-order chi connectivity index (χ1) is 12.9. The Balaban J connectivity index is 1.63. The molecule has 0 aromatic heterocycles. The molecule has 0 saturated carbocycles. The lowest BCUT2D eigenvalue weighted by Crippen LogP contribution is -2.33. The highest BCUT2D eigenvalue weighted by molar-refractivity contribution is 7.84. The van der Waals surface area contributed by atoms with E-state index in [0.29, 0.717) is 5.75 Å². The van der Waals surface area contributed by atoms with Crippen molar-refractivity contribution in [3.8, 4) is 5.75 Å². The second-order valence-corrected chi connectivity index (χ2v) is 8.73. The third-order valence-corrected chi connectivity index (χ3v) is 5.52. The minimum atomic E-state index is -3.80. The van der Waals surface area contributed by atoms with Gasteiger partial charge in [-0.05, 0) is 23.9 Å².